The van der Waals surface area contributed by atoms with Crippen molar-refractivity contribution in [2.75, 3.05) is 20.1 Å². The van der Waals surface area contributed by atoms with Crippen molar-refractivity contribution in [3.63, 3.8) is 0 Å². The Kier molecular flexibility index (Phi) is 5.15. The van der Waals surface area contributed by atoms with Crippen LogP contribution in [0.15, 0.2) is 24.3 Å². The Morgan fingerprint density at radius 2 is 2.15 bits per heavy atom. The van der Waals surface area contributed by atoms with Gasteiger partial charge in [0.25, 0.3) is 10.2 Å². The van der Waals surface area contributed by atoms with Gasteiger partial charge in [-0.2, -0.15) is 17.4 Å². The minimum absolute atomic E-state index is 0.120. The molecule has 1 aromatic carbocycles. The lowest BCUT2D eigenvalue weighted by molar-refractivity contribution is 0.431. The Bertz CT molecular complexity index is 545. The maximum absolute atomic E-state index is 12.3. The summed E-state index contributed by atoms with van der Waals surface area (Å²) >= 11 is 0. The van der Waals surface area contributed by atoms with E-state index in [0.717, 1.165) is 24.8 Å². The zero-order chi connectivity index (χ0) is 14.6. The van der Waals surface area contributed by atoms with Gasteiger partial charge in [-0.05, 0) is 43.4 Å². The fourth-order valence-corrected chi connectivity index (χ4v) is 3.73. The minimum atomic E-state index is -3.45. The van der Waals surface area contributed by atoms with Crippen LogP contribution in [0.2, 0.25) is 0 Å². The first kappa shape index (κ1) is 15.4. The van der Waals surface area contributed by atoms with Gasteiger partial charge in [0.2, 0.25) is 0 Å². The molecular formula is C14H23N3O2S. The molecule has 1 unspecified atom stereocenters. The third kappa shape index (κ3) is 3.58. The number of benzene rings is 1. The first-order valence-corrected chi connectivity index (χ1v) is 8.50. The van der Waals surface area contributed by atoms with Crippen LogP contribution in [0, 0.1) is 0 Å². The van der Waals surface area contributed by atoms with Crippen molar-refractivity contribution < 1.29 is 8.42 Å². The molecule has 1 atom stereocenters. The fraction of sp³-hybridized carbons (Fsp3) is 0.571. The summed E-state index contributed by atoms with van der Waals surface area (Å²) in [6.45, 7) is 0.937. The number of rotatable bonds is 6. The third-order valence-electron chi connectivity index (χ3n) is 3.75. The number of aryl methyl sites for hydroxylation is 1. The summed E-state index contributed by atoms with van der Waals surface area (Å²) in [5.41, 5.74) is 7.78. The molecule has 0 saturated heterocycles. The average Bonchev–Trinajstić information content (AvgIpc) is 2.44. The maximum atomic E-state index is 12.3. The normalized spacial score (nSPS) is 19.1. The summed E-state index contributed by atoms with van der Waals surface area (Å²) in [6.07, 6.45) is 3.55. The molecule has 2 rings (SSSR count). The summed E-state index contributed by atoms with van der Waals surface area (Å²) in [7, 11) is -1.86. The second-order valence-electron chi connectivity index (χ2n) is 5.23. The van der Waals surface area contributed by atoms with E-state index in [1.54, 1.807) is 7.05 Å². The second kappa shape index (κ2) is 6.67. The molecule has 1 aromatic rings. The molecule has 0 radical (unpaired) electrons. The van der Waals surface area contributed by atoms with Crippen molar-refractivity contribution in [2.45, 2.75) is 31.7 Å². The van der Waals surface area contributed by atoms with Crippen molar-refractivity contribution >= 4 is 10.2 Å². The van der Waals surface area contributed by atoms with E-state index in [0.29, 0.717) is 19.5 Å². The standard InChI is InChI=1S/C14H23N3O2S/c1-17(11-5-10-15)20(18,19)16-14-9-4-7-12-6-2-3-8-13(12)14/h2-3,6,8,14,16H,4-5,7,9-11,15H2,1H3. The van der Waals surface area contributed by atoms with Crippen LogP contribution in [0.5, 0.6) is 0 Å². The molecule has 0 aromatic heterocycles. The highest BCUT2D eigenvalue weighted by Gasteiger charge is 2.26. The van der Waals surface area contributed by atoms with E-state index in [-0.39, 0.29) is 6.04 Å². The Hall–Kier alpha value is -0.950. The van der Waals surface area contributed by atoms with Gasteiger partial charge < -0.3 is 5.73 Å². The molecule has 3 N–H and O–H groups in total. The monoisotopic (exact) mass is 297 g/mol. The molecule has 112 valence electrons. The Labute approximate surface area is 121 Å². The van der Waals surface area contributed by atoms with Crippen LogP contribution >= 0.6 is 0 Å². The molecule has 0 amide bonds. The predicted molar refractivity (Wildman–Crippen MR) is 80.5 cm³/mol. The van der Waals surface area contributed by atoms with Gasteiger partial charge >= 0.3 is 0 Å². The average molecular weight is 297 g/mol. The van der Waals surface area contributed by atoms with E-state index in [1.807, 2.05) is 18.2 Å². The molecule has 0 heterocycles. The molecule has 5 nitrogen and oxygen atoms in total. The lowest BCUT2D eigenvalue weighted by Gasteiger charge is -2.28. The molecule has 0 spiro atoms. The molecule has 0 saturated carbocycles. The van der Waals surface area contributed by atoms with Crippen LogP contribution in [-0.4, -0.2) is 32.9 Å². The van der Waals surface area contributed by atoms with E-state index in [9.17, 15) is 8.42 Å². The van der Waals surface area contributed by atoms with Gasteiger partial charge in [-0.15, -0.1) is 0 Å². The lowest BCUT2D eigenvalue weighted by Crippen LogP contribution is -2.41. The number of hydrogen-bond acceptors (Lipinski definition) is 3. The van der Waals surface area contributed by atoms with Crippen molar-refractivity contribution in [1.82, 2.24) is 9.03 Å². The van der Waals surface area contributed by atoms with Gasteiger partial charge in [0.15, 0.2) is 0 Å². The van der Waals surface area contributed by atoms with Crippen LogP contribution in [0.1, 0.15) is 36.4 Å². The minimum Gasteiger partial charge on any atom is -0.330 e. The van der Waals surface area contributed by atoms with Gasteiger partial charge in [0, 0.05) is 19.6 Å². The topological polar surface area (TPSA) is 75.4 Å². The van der Waals surface area contributed by atoms with Gasteiger partial charge in [-0.1, -0.05) is 24.3 Å². The first-order valence-electron chi connectivity index (χ1n) is 7.06. The number of hydrogen-bond donors (Lipinski definition) is 2. The van der Waals surface area contributed by atoms with Crippen LogP contribution in [0.25, 0.3) is 0 Å². The molecule has 0 aliphatic heterocycles. The molecule has 0 fully saturated rings. The highest BCUT2D eigenvalue weighted by atomic mass is 32.2. The Morgan fingerprint density at radius 3 is 2.90 bits per heavy atom. The molecule has 1 aliphatic carbocycles. The van der Waals surface area contributed by atoms with Crippen molar-refractivity contribution in [3.8, 4) is 0 Å². The lowest BCUT2D eigenvalue weighted by atomic mass is 9.88. The van der Waals surface area contributed by atoms with Gasteiger partial charge in [0.05, 0.1) is 0 Å². The van der Waals surface area contributed by atoms with Gasteiger partial charge in [-0.3, -0.25) is 0 Å². The number of nitrogens with zero attached hydrogens (tertiary/aromatic N) is 1. The summed E-state index contributed by atoms with van der Waals surface area (Å²) in [4.78, 5) is 0. The predicted octanol–water partition coefficient (Wildman–Crippen LogP) is 1.18. The second-order valence-corrected chi connectivity index (χ2v) is 7.04. The molecule has 6 heteroatoms. The van der Waals surface area contributed by atoms with Gasteiger partial charge in [-0.25, -0.2) is 0 Å². The quantitative estimate of drug-likeness (QED) is 0.828. The summed E-state index contributed by atoms with van der Waals surface area (Å²) in [5, 5.41) is 0. The highest BCUT2D eigenvalue weighted by Crippen LogP contribution is 2.30. The maximum Gasteiger partial charge on any atom is 0.279 e. The summed E-state index contributed by atoms with van der Waals surface area (Å²) in [6, 6.07) is 7.94. The Morgan fingerprint density at radius 1 is 1.40 bits per heavy atom. The van der Waals surface area contributed by atoms with Crippen molar-refractivity contribution in [1.29, 1.82) is 0 Å². The number of nitrogens with one attached hydrogen (secondary N) is 1. The highest BCUT2D eigenvalue weighted by molar-refractivity contribution is 7.87. The van der Waals surface area contributed by atoms with Crippen LogP contribution in [0.3, 0.4) is 0 Å². The van der Waals surface area contributed by atoms with E-state index < -0.39 is 10.2 Å². The van der Waals surface area contributed by atoms with Crippen LogP contribution < -0.4 is 10.5 Å². The summed E-state index contributed by atoms with van der Waals surface area (Å²) < 4.78 is 28.7. The number of fused-ring (bicyclic) bond motifs is 1. The van der Waals surface area contributed by atoms with Crippen molar-refractivity contribution in [2.24, 2.45) is 5.73 Å². The zero-order valence-electron chi connectivity index (χ0n) is 11.9. The fourth-order valence-electron chi connectivity index (χ4n) is 2.58. The zero-order valence-corrected chi connectivity index (χ0v) is 12.7. The van der Waals surface area contributed by atoms with Gasteiger partial charge in [0.1, 0.15) is 0 Å². The van der Waals surface area contributed by atoms with Crippen LogP contribution in [-0.2, 0) is 16.6 Å². The third-order valence-corrected chi connectivity index (χ3v) is 5.33. The smallest absolute Gasteiger partial charge is 0.279 e. The summed E-state index contributed by atoms with van der Waals surface area (Å²) in [5.74, 6) is 0. The largest absolute Gasteiger partial charge is 0.330 e. The first-order chi connectivity index (χ1) is 9.54. The van der Waals surface area contributed by atoms with Crippen LogP contribution in [0.4, 0.5) is 0 Å². The van der Waals surface area contributed by atoms with Crippen molar-refractivity contribution in [3.05, 3.63) is 35.4 Å². The van der Waals surface area contributed by atoms with E-state index in [2.05, 4.69) is 10.8 Å². The molecule has 1 aliphatic rings. The molecule has 20 heavy (non-hydrogen) atoms. The van der Waals surface area contributed by atoms with E-state index in [4.69, 9.17) is 5.73 Å². The Balaban J connectivity index is 2.10. The molecular weight excluding hydrogens is 274 g/mol. The van der Waals surface area contributed by atoms with E-state index in [1.165, 1.54) is 9.87 Å². The SMILES string of the molecule is CN(CCCN)S(=O)(=O)NC1CCCc2ccccc21. The molecule has 0 bridgehead atoms. The van der Waals surface area contributed by atoms with E-state index >= 15 is 0 Å². The number of nitrogens with two attached hydrogens (primary N) is 1.